The molecule has 0 amide bonds. The van der Waals surface area contributed by atoms with E-state index in [2.05, 4.69) is 24.8 Å². The predicted octanol–water partition coefficient (Wildman–Crippen LogP) is 7.28. The number of phenols is 1. The number of rotatable bonds is 5. The molecule has 6 heterocycles. The monoisotopic (exact) mass is 670 g/mol. The molecule has 3 unspecified atom stereocenters. The molecule has 0 bridgehead atoms. The average Bonchev–Trinajstić information content (AvgIpc) is 3.72. The van der Waals surface area contributed by atoms with Crippen molar-refractivity contribution in [1.82, 2.24) is 24.8 Å². The molecule has 1 saturated carbocycles. The molecular weight excluding hydrogens is 637 g/mol. The van der Waals surface area contributed by atoms with Crippen LogP contribution in [-0.4, -0.2) is 75.5 Å². The van der Waals surface area contributed by atoms with Crippen molar-refractivity contribution < 1.29 is 23.4 Å². The lowest BCUT2D eigenvalue weighted by atomic mass is 9.98. The molecule has 3 atom stereocenters. The molecule has 13 heteroatoms. The van der Waals surface area contributed by atoms with Gasteiger partial charge in [-0.3, -0.25) is 4.90 Å². The standard InChI is InChI=1S/C26H22Cl2FN5O3.C7H12FN/c1-12(15-4-3-7-30-23(15)28)34-8-9-37-25-19-22(32-26(36-2)33-24(19)34)20(29)21(31-25)16-10-14(35)11-17(27)18(16)13-5-6-13;8-6-4-7-2-1-3-9(7)5-6/h3-4,7,10-13,35H,5-6,8-9H2,1-2H3;6-7H,1-5H2. The lowest BCUT2D eigenvalue weighted by Crippen LogP contribution is -2.31. The number of fused-ring (bicyclic) bond motifs is 1. The van der Waals surface area contributed by atoms with Gasteiger partial charge in [-0.2, -0.15) is 9.97 Å². The highest BCUT2D eigenvalue weighted by Gasteiger charge is 2.36. The smallest absolute Gasteiger partial charge is 0.318 e. The summed E-state index contributed by atoms with van der Waals surface area (Å²) in [6.45, 7) is 4.49. The van der Waals surface area contributed by atoms with E-state index in [-0.39, 0.29) is 47.4 Å². The molecule has 46 heavy (non-hydrogen) atoms. The number of benzene rings is 1. The zero-order valence-corrected chi connectivity index (χ0v) is 27.0. The van der Waals surface area contributed by atoms with Crippen LogP contribution in [-0.2, 0) is 0 Å². The maximum atomic E-state index is 16.3. The summed E-state index contributed by atoms with van der Waals surface area (Å²) < 4.78 is 40.3. The molecule has 0 spiro atoms. The molecule has 1 aromatic carbocycles. The molecular formula is C33H34Cl2F2N6O3. The fraction of sp³-hybridized carbons (Fsp3) is 0.455. The first-order valence-corrected chi connectivity index (χ1v) is 16.3. The number of hydrogen-bond acceptors (Lipinski definition) is 9. The van der Waals surface area contributed by atoms with Crippen molar-refractivity contribution >= 4 is 39.9 Å². The number of alkyl halides is 1. The van der Waals surface area contributed by atoms with Gasteiger partial charge >= 0.3 is 6.01 Å². The van der Waals surface area contributed by atoms with Gasteiger partial charge in [0.05, 0.1) is 19.7 Å². The Balaban J connectivity index is 0.000000321. The van der Waals surface area contributed by atoms with Crippen molar-refractivity contribution in [3.8, 4) is 28.9 Å². The molecule has 3 aliphatic heterocycles. The maximum absolute atomic E-state index is 16.3. The van der Waals surface area contributed by atoms with Crippen LogP contribution in [0.5, 0.6) is 17.6 Å². The fourth-order valence-corrected chi connectivity index (χ4v) is 7.55. The van der Waals surface area contributed by atoms with Crippen molar-refractivity contribution in [3.63, 3.8) is 0 Å². The second-order valence-electron chi connectivity index (χ2n) is 12.2. The third kappa shape index (κ3) is 5.77. The van der Waals surface area contributed by atoms with Gasteiger partial charge in [-0.05, 0) is 75.3 Å². The topological polar surface area (TPSA) is 96.7 Å². The second-order valence-corrected chi connectivity index (χ2v) is 13.0. The summed E-state index contributed by atoms with van der Waals surface area (Å²) in [7, 11) is 1.42. The molecule has 1 N–H and O–H groups in total. The Morgan fingerprint density at radius 3 is 2.70 bits per heavy atom. The lowest BCUT2D eigenvalue weighted by molar-refractivity contribution is 0.292. The van der Waals surface area contributed by atoms with Crippen LogP contribution in [0.1, 0.15) is 62.1 Å². The summed E-state index contributed by atoms with van der Waals surface area (Å²) in [5.41, 5.74) is 1.97. The van der Waals surface area contributed by atoms with Gasteiger partial charge in [-0.1, -0.05) is 29.3 Å². The quantitative estimate of drug-likeness (QED) is 0.220. The third-order valence-corrected chi connectivity index (χ3v) is 9.89. The number of aromatic hydroxyl groups is 1. The number of nitrogens with zero attached hydrogens (tertiary/aromatic N) is 6. The van der Waals surface area contributed by atoms with Gasteiger partial charge in [0.25, 0.3) is 0 Å². The first-order chi connectivity index (χ1) is 22.2. The van der Waals surface area contributed by atoms with Gasteiger partial charge in [-0.25, -0.2) is 18.7 Å². The lowest BCUT2D eigenvalue weighted by Gasteiger charge is -2.30. The van der Waals surface area contributed by atoms with Crippen LogP contribution in [0.25, 0.3) is 22.2 Å². The highest BCUT2D eigenvalue weighted by Crippen LogP contribution is 2.50. The molecule has 1 aliphatic carbocycles. The summed E-state index contributed by atoms with van der Waals surface area (Å²) in [5.74, 6) is 0.0259. The zero-order valence-electron chi connectivity index (χ0n) is 25.5. The average molecular weight is 672 g/mol. The summed E-state index contributed by atoms with van der Waals surface area (Å²) in [4.78, 5) is 22.0. The van der Waals surface area contributed by atoms with E-state index in [0.717, 1.165) is 36.9 Å². The SMILES string of the molecule is COc1nc2c3c(nc(-c4cc(O)cc(Cl)c4C4CC4)c(F)c3n1)OCCN2C(C)c1cccnc1Cl.FC1CC2CCCN2C1. The molecule has 4 aromatic rings. The van der Waals surface area contributed by atoms with Gasteiger partial charge in [0.1, 0.15) is 46.1 Å². The summed E-state index contributed by atoms with van der Waals surface area (Å²) >= 11 is 12.9. The van der Waals surface area contributed by atoms with Crippen molar-refractivity contribution in [2.24, 2.45) is 0 Å². The van der Waals surface area contributed by atoms with Crippen LogP contribution >= 0.6 is 23.2 Å². The maximum Gasteiger partial charge on any atom is 0.318 e. The number of methoxy groups -OCH3 is 1. The number of pyridine rings is 2. The van der Waals surface area contributed by atoms with Crippen molar-refractivity contribution in [1.29, 1.82) is 0 Å². The normalized spacial score (nSPS) is 21.3. The van der Waals surface area contributed by atoms with Gasteiger partial charge < -0.3 is 19.5 Å². The molecule has 242 valence electrons. The van der Waals surface area contributed by atoms with Gasteiger partial charge in [0.15, 0.2) is 5.82 Å². The number of anilines is 1. The van der Waals surface area contributed by atoms with E-state index in [1.807, 2.05) is 24.0 Å². The Hall–Kier alpha value is -3.54. The minimum absolute atomic E-state index is 0.000513. The van der Waals surface area contributed by atoms with E-state index in [1.165, 1.54) is 32.1 Å². The largest absolute Gasteiger partial charge is 0.508 e. The molecule has 0 radical (unpaired) electrons. The van der Waals surface area contributed by atoms with Crippen LogP contribution in [0, 0.1) is 5.82 Å². The van der Waals surface area contributed by atoms with E-state index < -0.39 is 12.0 Å². The van der Waals surface area contributed by atoms with Gasteiger partial charge in [0, 0.05) is 34.9 Å². The predicted molar refractivity (Wildman–Crippen MR) is 173 cm³/mol. The molecule has 4 aliphatic rings. The van der Waals surface area contributed by atoms with E-state index in [4.69, 9.17) is 32.7 Å². The zero-order chi connectivity index (χ0) is 32.1. The van der Waals surface area contributed by atoms with Gasteiger partial charge in [0.2, 0.25) is 5.88 Å². The van der Waals surface area contributed by atoms with E-state index >= 15 is 4.39 Å². The summed E-state index contributed by atoms with van der Waals surface area (Å²) in [6.07, 6.45) is 6.29. The van der Waals surface area contributed by atoms with Crippen molar-refractivity contribution in [2.45, 2.75) is 63.2 Å². The van der Waals surface area contributed by atoms with Crippen LogP contribution in [0.15, 0.2) is 30.5 Å². The first-order valence-electron chi connectivity index (χ1n) is 15.6. The van der Waals surface area contributed by atoms with Crippen molar-refractivity contribution in [2.75, 3.05) is 38.3 Å². The number of aromatic nitrogens is 4. The highest BCUT2D eigenvalue weighted by atomic mass is 35.5. The second kappa shape index (κ2) is 12.6. The Bertz CT molecular complexity index is 1780. The Kier molecular flexibility index (Phi) is 8.50. The van der Waals surface area contributed by atoms with Crippen molar-refractivity contribution in [3.05, 3.63) is 57.6 Å². The number of ether oxygens (including phenoxy) is 2. The van der Waals surface area contributed by atoms with E-state index in [0.29, 0.717) is 46.1 Å². The first kappa shape index (κ1) is 31.1. The van der Waals surface area contributed by atoms with Crippen LogP contribution in [0.2, 0.25) is 10.2 Å². The minimum atomic E-state index is -0.679. The number of halogens is 4. The van der Waals surface area contributed by atoms with Gasteiger partial charge in [-0.15, -0.1) is 0 Å². The molecule has 3 fully saturated rings. The number of hydrogen-bond donors (Lipinski definition) is 1. The molecule has 9 nitrogen and oxygen atoms in total. The number of phenolic OH excluding ortho intramolecular Hbond substituents is 1. The Morgan fingerprint density at radius 1 is 1.13 bits per heavy atom. The minimum Gasteiger partial charge on any atom is -0.508 e. The van der Waals surface area contributed by atoms with Crippen LogP contribution in [0.3, 0.4) is 0 Å². The molecule has 8 rings (SSSR count). The summed E-state index contributed by atoms with van der Waals surface area (Å²) in [6, 6.07) is 6.98. The summed E-state index contributed by atoms with van der Waals surface area (Å²) in [5, 5.41) is 11.4. The van der Waals surface area contributed by atoms with E-state index in [9.17, 15) is 9.50 Å². The fourth-order valence-electron chi connectivity index (χ4n) is 6.90. The van der Waals surface area contributed by atoms with E-state index in [1.54, 1.807) is 6.20 Å². The Labute approximate surface area is 275 Å². The third-order valence-electron chi connectivity index (χ3n) is 9.26. The van der Waals surface area contributed by atoms with Crippen LogP contribution < -0.4 is 14.4 Å². The Morgan fingerprint density at radius 2 is 1.96 bits per heavy atom. The van der Waals surface area contributed by atoms with Crippen LogP contribution in [0.4, 0.5) is 14.6 Å². The molecule has 2 saturated heterocycles. The highest BCUT2D eigenvalue weighted by molar-refractivity contribution is 6.32. The molecule has 3 aromatic heterocycles.